The zero-order valence-electron chi connectivity index (χ0n) is 22.7. The lowest BCUT2D eigenvalue weighted by atomic mass is 9.92. The molecule has 0 saturated carbocycles. The average Bonchev–Trinajstić information content (AvgIpc) is 3.59. The van der Waals surface area contributed by atoms with Crippen LogP contribution in [0.5, 0.6) is 5.75 Å². The smallest absolute Gasteiger partial charge is 0.324 e. The zero-order valence-corrected chi connectivity index (χ0v) is 22.7. The van der Waals surface area contributed by atoms with Crippen molar-refractivity contribution < 1.29 is 27.5 Å². The molecule has 3 N–H and O–H groups in total. The van der Waals surface area contributed by atoms with Crippen LogP contribution >= 0.6 is 0 Å². The average molecular weight is 562 g/mol. The van der Waals surface area contributed by atoms with Crippen molar-refractivity contribution >= 4 is 12.0 Å². The van der Waals surface area contributed by atoms with E-state index in [4.69, 9.17) is 15.0 Å². The Morgan fingerprint density at radius 3 is 2.42 bits per heavy atom. The molecule has 2 saturated heterocycles. The number of aromatic nitrogens is 4. The SMILES string of the molecule is CC(Oc1cnc(N2CC(N)C(c3cc(F)c(F)cc3F)C2)nc1)C1CCN(c2nc(C(C)(C)CO)no2)CC1. The first-order valence-electron chi connectivity index (χ1n) is 13.4. The van der Waals surface area contributed by atoms with Gasteiger partial charge in [0.05, 0.1) is 30.5 Å². The Morgan fingerprint density at radius 2 is 1.75 bits per heavy atom. The fourth-order valence-electron chi connectivity index (χ4n) is 5.24. The fraction of sp³-hybridized carbons (Fsp3) is 0.556. The van der Waals surface area contributed by atoms with Gasteiger partial charge < -0.3 is 29.9 Å². The molecular weight excluding hydrogens is 527 g/mol. The van der Waals surface area contributed by atoms with E-state index in [9.17, 15) is 18.3 Å². The van der Waals surface area contributed by atoms with Crippen LogP contribution in [0.4, 0.5) is 25.1 Å². The summed E-state index contributed by atoms with van der Waals surface area (Å²) in [6.45, 7) is 7.76. The summed E-state index contributed by atoms with van der Waals surface area (Å²) in [6, 6.07) is 1.39. The molecule has 2 aliphatic rings. The number of hydrogen-bond acceptors (Lipinski definition) is 10. The van der Waals surface area contributed by atoms with Gasteiger partial charge in [0.15, 0.2) is 23.2 Å². The Bertz CT molecular complexity index is 1320. The van der Waals surface area contributed by atoms with Gasteiger partial charge in [0.2, 0.25) is 5.95 Å². The lowest BCUT2D eigenvalue weighted by Crippen LogP contribution is -2.39. The van der Waals surface area contributed by atoms with E-state index in [0.717, 1.165) is 32.0 Å². The highest BCUT2D eigenvalue weighted by molar-refractivity contribution is 5.39. The summed E-state index contributed by atoms with van der Waals surface area (Å²) in [6.07, 6.45) is 4.84. The highest BCUT2D eigenvalue weighted by Gasteiger charge is 2.35. The fourth-order valence-corrected chi connectivity index (χ4v) is 5.24. The van der Waals surface area contributed by atoms with Crippen molar-refractivity contribution in [2.24, 2.45) is 11.7 Å². The van der Waals surface area contributed by atoms with Gasteiger partial charge in [0.25, 0.3) is 0 Å². The van der Waals surface area contributed by atoms with Crippen molar-refractivity contribution in [3.63, 3.8) is 0 Å². The Morgan fingerprint density at radius 1 is 1.07 bits per heavy atom. The largest absolute Gasteiger partial charge is 0.487 e. The molecule has 216 valence electrons. The summed E-state index contributed by atoms with van der Waals surface area (Å²) in [5.74, 6) is -1.97. The molecule has 0 spiro atoms. The van der Waals surface area contributed by atoms with Gasteiger partial charge in [-0.15, -0.1) is 0 Å². The first-order valence-corrected chi connectivity index (χ1v) is 13.4. The first kappa shape index (κ1) is 28.1. The molecule has 0 aliphatic carbocycles. The van der Waals surface area contributed by atoms with E-state index in [1.165, 1.54) is 0 Å². The first-order chi connectivity index (χ1) is 19.1. The number of piperidine rings is 1. The van der Waals surface area contributed by atoms with Gasteiger partial charge in [0.1, 0.15) is 5.82 Å². The van der Waals surface area contributed by atoms with Crippen LogP contribution in [0, 0.1) is 23.4 Å². The number of anilines is 2. The summed E-state index contributed by atoms with van der Waals surface area (Å²) in [7, 11) is 0. The number of rotatable bonds is 8. The van der Waals surface area contributed by atoms with E-state index in [-0.39, 0.29) is 24.8 Å². The van der Waals surface area contributed by atoms with E-state index in [1.54, 1.807) is 17.3 Å². The van der Waals surface area contributed by atoms with Crippen LogP contribution in [0.3, 0.4) is 0 Å². The Kier molecular flexibility index (Phi) is 7.87. The molecule has 1 aromatic carbocycles. The maximum Gasteiger partial charge on any atom is 0.324 e. The van der Waals surface area contributed by atoms with Crippen LogP contribution in [-0.2, 0) is 5.41 Å². The van der Waals surface area contributed by atoms with E-state index < -0.39 is 34.8 Å². The van der Waals surface area contributed by atoms with Gasteiger partial charge in [0, 0.05) is 44.2 Å². The van der Waals surface area contributed by atoms with Gasteiger partial charge in [-0.2, -0.15) is 4.98 Å². The van der Waals surface area contributed by atoms with Crippen LogP contribution in [0.1, 0.15) is 50.9 Å². The summed E-state index contributed by atoms with van der Waals surface area (Å²) in [5.41, 5.74) is 5.69. The molecule has 13 heteroatoms. The summed E-state index contributed by atoms with van der Waals surface area (Å²) in [5, 5.41) is 13.6. The minimum atomic E-state index is -1.23. The Balaban J connectivity index is 1.14. The van der Waals surface area contributed by atoms with E-state index >= 15 is 0 Å². The minimum Gasteiger partial charge on any atom is -0.487 e. The second-order valence-corrected chi connectivity index (χ2v) is 11.3. The van der Waals surface area contributed by atoms with E-state index in [1.807, 2.05) is 25.7 Å². The number of benzene rings is 1. The van der Waals surface area contributed by atoms with Crippen molar-refractivity contribution in [1.29, 1.82) is 0 Å². The number of aliphatic hydroxyl groups is 1. The standard InChI is InChI=1S/C27H34F3N7O3/c1-15(16-4-6-36(7-5-16)26-34-24(35-40-26)27(2,3)14-38)39-17-10-32-25(33-11-17)37-12-19(23(31)13-37)18-8-21(29)22(30)9-20(18)28/h8-11,15-16,19,23,38H,4-7,12-14,31H2,1-3H3. The van der Waals surface area contributed by atoms with Crippen LogP contribution < -0.4 is 20.3 Å². The van der Waals surface area contributed by atoms with Crippen molar-refractivity contribution in [2.75, 3.05) is 42.6 Å². The molecular formula is C27H34F3N7O3. The van der Waals surface area contributed by atoms with E-state index in [0.29, 0.717) is 42.1 Å². The highest BCUT2D eigenvalue weighted by atomic mass is 19.2. The lowest BCUT2D eigenvalue weighted by molar-refractivity contribution is 0.131. The molecule has 5 rings (SSSR count). The van der Waals surface area contributed by atoms with Gasteiger partial charge >= 0.3 is 6.01 Å². The summed E-state index contributed by atoms with van der Waals surface area (Å²) >= 11 is 0. The lowest BCUT2D eigenvalue weighted by Gasteiger charge is -2.33. The van der Waals surface area contributed by atoms with Crippen LogP contribution in [0.15, 0.2) is 29.0 Å². The number of nitrogens with zero attached hydrogens (tertiary/aromatic N) is 6. The molecule has 40 heavy (non-hydrogen) atoms. The van der Waals surface area contributed by atoms with Gasteiger partial charge in [-0.25, -0.2) is 23.1 Å². The predicted octanol–water partition coefficient (Wildman–Crippen LogP) is 3.16. The minimum absolute atomic E-state index is 0.0438. The normalized spacial score (nSPS) is 21.2. The topological polar surface area (TPSA) is 127 Å². The zero-order chi connectivity index (χ0) is 28.6. The van der Waals surface area contributed by atoms with Crippen LogP contribution in [0.2, 0.25) is 0 Å². The molecule has 0 bridgehead atoms. The van der Waals surface area contributed by atoms with Crippen molar-refractivity contribution in [2.45, 2.75) is 57.1 Å². The molecule has 3 atom stereocenters. The molecule has 2 fully saturated rings. The maximum atomic E-state index is 14.3. The molecule has 2 aliphatic heterocycles. The van der Waals surface area contributed by atoms with Gasteiger partial charge in [-0.1, -0.05) is 19.0 Å². The number of aliphatic hydroxyl groups excluding tert-OH is 1. The quantitative estimate of drug-likeness (QED) is 0.396. The third-order valence-corrected chi connectivity index (χ3v) is 7.91. The van der Waals surface area contributed by atoms with Crippen molar-refractivity contribution in [3.05, 3.63) is 53.4 Å². The molecule has 2 aromatic heterocycles. The molecule has 3 unspecified atom stereocenters. The number of hydrogen-bond donors (Lipinski definition) is 2. The Labute approximate surface area is 230 Å². The molecule has 0 amide bonds. The van der Waals surface area contributed by atoms with Crippen LogP contribution in [0.25, 0.3) is 0 Å². The number of halogens is 3. The second kappa shape index (κ2) is 11.2. The maximum absolute atomic E-state index is 14.3. The molecule has 0 radical (unpaired) electrons. The third kappa shape index (κ3) is 5.71. The number of nitrogens with two attached hydrogens (primary N) is 1. The van der Waals surface area contributed by atoms with Crippen molar-refractivity contribution in [3.8, 4) is 5.75 Å². The Hall–Kier alpha value is -3.45. The van der Waals surface area contributed by atoms with Crippen LogP contribution in [-0.4, -0.2) is 70.1 Å². The monoisotopic (exact) mass is 561 g/mol. The third-order valence-electron chi connectivity index (χ3n) is 7.91. The van der Waals surface area contributed by atoms with Gasteiger partial charge in [-0.05, 0) is 37.3 Å². The molecule has 10 nitrogen and oxygen atoms in total. The highest BCUT2D eigenvalue weighted by Crippen LogP contribution is 2.32. The van der Waals surface area contributed by atoms with Crippen molar-refractivity contribution in [1.82, 2.24) is 20.1 Å². The van der Waals surface area contributed by atoms with E-state index in [2.05, 4.69) is 20.1 Å². The second-order valence-electron chi connectivity index (χ2n) is 11.3. The summed E-state index contributed by atoms with van der Waals surface area (Å²) in [4.78, 5) is 17.1. The summed E-state index contributed by atoms with van der Waals surface area (Å²) < 4.78 is 53.0. The molecule has 3 aromatic rings. The number of ether oxygens (including phenoxy) is 1. The molecule has 4 heterocycles. The van der Waals surface area contributed by atoms with Gasteiger partial charge in [-0.3, -0.25) is 0 Å². The predicted molar refractivity (Wildman–Crippen MR) is 141 cm³/mol.